The Morgan fingerprint density at radius 1 is 1.37 bits per heavy atom. The predicted molar refractivity (Wildman–Crippen MR) is 112 cm³/mol. The van der Waals surface area contributed by atoms with E-state index in [2.05, 4.69) is 26.6 Å². The topological polar surface area (TPSA) is 87.7 Å². The molecule has 0 fully saturated rings. The zero-order chi connectivity index (χ0) is 19.8. The van der Waals surface area contributed by atoms with E-state index >= 15 is 0 Å². The van der Waals surface area contributed by atoms with Crippen molar-refractivity contribution in [3.63, 3.8) is 0 Å². The van der Waals surface area contributed by atoms with E-state index < -0.39 is 11.6 Å². The Morgan fingerprint density at radius 2 is 2.11 bits per heavy atom. The number of nitrogens with one attached hydrogen (secondary N) is 2. The molecule has 27 heavy (non-hydrogen) atoms. The standard InChI is InChI=1S/C18H17BrN2O4S2/c1-18(2)7-11-12(8-25-18)27-15(13(11)16(23)24)21-17(26)20-14(22)9-4-3-5-10(19)6-9/h3-6H,7-8H2,1-2H3,(H,23,24)(H2,20,21,22,26). The van der Waals surface area contributed by atoms with Gasteiger partial charge in [0.15, 0.2) is 5.11 Å². The fourth-order valence-corrected chi connectivity index (χ4v) is 4.59. The molecule has 1 amide bonds. The third-order valence-electron chi connectivity index (χ3n) is 4.04. The van der Waals surface area contributed by atoms with Crippen LogP contribution < -0.4 is 10.6 Å². The van der Waals surface area contributed by atoms with Crippen molar-refractivity contribution in [1.29, 1.82) is 0 Å². The van der Waals surface area contributed by atoms with Gasteiger partial charge in [0.1, 0.15) is 5.00 Å². The Morgan fingerprint density at radius 3 is 2.78 bits per heavy atom. The van der Waals surface area contributed by atoms with E-state index in [0.29, 0.717) is 23.6 Å². The number of ether oxygens (including phenoxy) is 1. The second kappa shape index (κ2) is 7.67. The molecule has 1 aliphatic heterocycles. The third kappa shape index (κ3) is 4.55. The van der Waals surface area contributed by atoms with Gasteiger partial charge in [0.2, 0.25) is 0 Å². The van der Waals surface area contributed by atoms with Crippen molar-refractivity contribution in [3.05, 3.63) is 50.3 Å². The summed E-state index contributed by atoms with van der Waals surface area (Å²) in [5.74, 6) is -1.41. The first-order valence-corrected chi connectivity index (χ1v) is 10.1. The van der Waals surface area contributed by atoms with Crippen molar-refractivity contribution in [2.45, 2.75) is 32.5 Å². The van der Waals surface area contributed by atoms with E-state index in [-0.39, 0.29) is 16.6 Å². The van der Waals surface area contributed by atoms with Crippen molar-refractivity contribution < 1.29 is 19.4 Å². The Balaban J connectivity index is 1.79. The van der Waals surface area contributed by atoms with Gasteiger partial charge >= 0.3 is 5.97 Å². The maximum absolute atomic E-state index is 12.3. The number of thiophene rings is 1. The summed E-state index contributed by atoms with van der Waals surface area (Å²) in [5.41, 5.74) is 0.954. The van der Waals surface area contributed by atoms with E-state index in [0.717, 1.165) is 14.9 Å². The van der Waals surface area contributed by atoms with Gasteiger partial charge in [-0.25, -0.2) is 4.79 Å². The molecule has 1 aromatic heterocycles. The number of amides is 1. The Kier molecular flexibility index (Phi) is 5.66. The highest BCUT2D eigenvalue weighted by molar-refractivity contribution is 9.10. The third-order valence-corrected chi connectivity index (χ3v) is 5.86. The largest absolute Gasteiger partial charge is 0.478 e. The van der Waals surface area contributed by atoms with Gasteiger partial charge in [-0.15, -0.1) is 11.3 Å². The molecule has 0 aliphatic carbocycles. The maximum Gasteiger partial charge on any atom is 0.339 e. The number of aromatic carboxylic acids is 1. The average Bonchev–Trinajstić information content (AvgIpc) is 2.90. The molecule has 3 N–H and O–H groups in total. The van der Waals surface area contributed by atoms with Gasteiger partial charge in [0.05, 0.1) is 17.8 Å². The lowest BCUT2D eigenvalue weighted by Crippen LogP contribution is -2.34. The Hall–Kier alpha value is -1.81. The zero-order valence-corrected chi connectivity index (χ0v) is 17.8. The normalized spacial score (nSPS) is 14.9. The van der Waals surface area contributed by atoms with Crippen LogP contribution in [0.2, 0.25) is 0 Å². The van der Waals surface area contributed by atoms with Crippen LogP contribution >= 0.6 is 39.5 Å². The van der Waals surface area contributed by atoms with Gasteiger partial charge in [0.25, 0.3) is 5.91 Å². The van der Waals surface area contributed by atoms with E-state index in [4.69, 9.17) is 17.0 Å². The molecule has 0 unspecified atom stereocenters. The zero-order valence-electron chi connectivity index (χ0n) is 14.6. The number of carbonyl (C=O) groups is 2. The van der Waals surface area contributed by atoms with Gasteiger partial charge in [-0.2, -0.15) is 0 Å². The van der Waals surface area contributed by atoms with Crippen LogP contribution in [0.3, 0.4) is 0 Å². The number of carbonyl (C=O) groups excluding carboxylic acids is 1. The lowest BCUT2D eigenvalue weighted by atomic mass is 9.93. The quantitative estimate of drug-likeness (QED) is 0.585. The van der Waals surface area contributed by atoms with Gasteiger partial charge in [-0.1, -0.05) is 22.0 Å². The SMILES string of the molecule is CC1(C)Cc2c(sc(NC(=S)NC(=O)c3cccc(Br)c3)c2C(=O)O)CO1. The van der Waals surface area contributed by atoms with Crippen LogP contribution in [0.1, 0.15) is 45.0 Å². The lowest BCUT2D eigenvalue weighted by molar-refractivity contribution is -0.0384. The van der Waals surface area contributed by atoms with Gasteiger partial charge in [-0.05, 0) is 49.8 Å². The van der Waals surface area contributed by atoms with Gasteiger partial charge < -0.3 is 15.2 Å². The van der Waals surface area contributed by atoms with Crippen LogP contribution in [0.4, 0.5) is 5.00 Å². The summed E-state index contributed by atoms with van der Waals surface area (Å²) in [5, 5.41) is 15.6. The van der Waals surface area contributed by atoms with E-state index in [1.165, 1.54) is 11.3 Å². The van der Waals surface area contributed by atoms with Crippen LogP contribution in [-0.4, -0.2) is 27.7 Å². The highest BCUT2D eigenvalue weighted by Crippen LogP contribution is 2.40. The highest BCUT2D eigenvalue weighted by Gasteiger charge is 2.33. The second-order valence-electron chi connectivity index (χ2n) is 6.66. The Labute approximate surface area is 174 Å². The smallest absolute Gasteiger partial charge is 0.339 e. The highest BCUT2D eigenvalue weighted by atomic mass is 79.9. The second-order valence-corrected chi connectivity index (χ2v) is 9.09. The first-order chi connectivity index (χ1) is 12.7. The molecule has 9 heteroatoms. The summed E-state index contributed by atoms with van der Waals surface area (Å²) >= 11 is 9.80. The number of rotatable bonds is 3. The van der Waals surface area contributed by atoms with Crippen LogP contribution in [-0.2, 0) is 17.8 Å². The number of carboxylic acids is 1. The molecule has 0 spiro atoms. The van der Waals surface area contributed by atoms with Crippen LogP contribution in [0.15, 0.2) is 28.7 Å². The molecule has 1 aliphatic rings. The fraction of sp³-hybridized carbons (Fsp3) is 0.278. The molecule has 0 radical (unpaired) electrons. The van der Waals surface area contributed by atoms with E-state index in [1.807, 2.05) is 19.9 Å². The number of hydrogen-bond donors (Lipinski definition) is 3. The van der Waals surface area contributed by atoms with Crippen molar-refractivity contribution >= 4 is 61.5 Å². The summed E-state index contributed by atoms with van der Waals surface area (Å²) in [4.78, 5) is 25.0. The monoisotopic (exact) mass is 468 g/mol. The predicted octanol–water partition coefficient (Wildman–Crippen LogP) is 4.19. The number of halogens is 1. The van der Waals surface area contributed by atoms with E-state index in [1.54, 1.807) is 18.2 Å². The molecular weight excluding hydrogens is 452 g/mol. The van der Waals surface area contributed by atoms with Crippen LogP contribution in [0, 0.1) is 0 Å². The minimum Gasteiger partial charge on any atom is -0.478 e. The summed E-state index contributed by atoms with van der Waals surface area (Å²) in [6.45, 7) is 4.20. The van der Waals surface area contributed by atoms with Crippen LogP contribution in [0.5, 0.6) is 0 Å². The number of fused-ring (bicyclic) bond motifs is 1. The molecule has 0 atom stereocenters. The van der Waals surface area contributed by atoms with Crippen molar-refractivity contribution in [1.82, 2.24) is 5.32 Å². The summed E-state index contributed by atoms with van der Waals surface area (Å²) in [6, 6.07) is 6.89. The molecule has 3 rings (SSSR count). The fourth-order valence-electron chi connectivity index (χ4n) is 2.81. The molecule has 1 aromatic carbocycles. The number of benzene rings is 1. The molecule has 0 bridgehead atoms. The number of hydrogen-bond acceptors (Lipinski definition) is 5. The van der Waals surface area contributed by atoms with Gasteiger partial charge in [0, 0.05) is 21.3 Å². The number of thiocarbonyl (C=S) groups is 1. The number of carboxylic acid groups (broad SMARTS) is 1. The molecular formula is C18H17BrN2O4S2. The van der Waals surface area contributed by atoms with Crippen LogP contribution in [0.25, 0.3) is 0 Å². The summed E-state index contributed by atoms with van der Waals surface area (Å²) in [7, 11) is 0. The van der Waals surface area contributed by atoms with Gasteiger partial charge in [-0.3, -0.25) is 10.1 Å². The number of anilines is 1. The molecule has 2 aromatic rings. The minimum atomic E-state index is -1.03. The van der Waals surface area contributed by atoms with Crippen molar-refractivity contribution in [2.75, 3.05) is 5.32 Å². The first-order valence-electron chi connectivity index (χ1n) is 8.06. The molecule has 6 nitrogen and oxygen atoms in total. The minimum absolute atomic E-state index is 0.0428. The van der Waals surface area contributed by atoms with Crippen molar-refractivity contribution in [3.8, 4) is 0 Å². The van der Waals surface area contributed by atoms with Crippen molar-refractivity contribution in [2.24, 2.45) is 0 Å². The average molecular weight is 469 g/mol. The summed E-state index contributed by atoms with van der Waals surface area (Å²) in [6.07, 6.45) is 0.499. The lowest BCUT2D eigenvalue weighted by Gasteiger charge is -2.30. The molecule has 142 valence electrons. The first kappa shape index (κ1) is 19.9. The Bertz CT molecular complexity index is 939. The maximum atomic E-state index is 12.3. The molecule has 0 saturated heterocycles. The van der Waals surface area contributed by atoms with E-state index in [9.17, 15) is 14.7 Å². The molecule has 2 heterocycles. The summed E-state index contributed by atoms with van der Waals surface area (Å²) < 4.78 is 6.53. The molecule has 0 saturated carbocycles.